The van der Waals surface area contributed by atoms with Gasteiger partial charge in [-0.25, -0.2) is 0 Å². The van der Waals surface area contributed by atoms with Gasteiger partial charge in [0, 0.05) is 12.6 Å². The van der Waals surface area contributed by atoms with Crippen LogP contribution in [0.1, 0.15) is 11.1 Å². The molecule has 1 heterocycles. The fourth-order valence-corrected chi connectivity index (χ4v) is 3.63. The maximum absolute atomic E-state index is 12.3. The van der Waals surface area contributed by atoms with Gasteiger partial charge in [-0.15, -0.1) is 0 Å². The minimum Gasteiger partial charge on any atom is -0.493 e. The number of benzene rings is 2. The average molecular weight is 387 g/mol. The number of amidine groups is 1. The predicted octanol–water partition coefficient (Wildman–Crippen LogP) is 2.17. The second-order valence-corrected chi connectivity index (χ2v) is 7.49. The molecule has 0 unspecified atom stereocenters. The summed E-state index contributed by atoms with van der Waals surface area (Å²) < 4.78 is 37.4. The molecule has 7 nitrogen and oxygen atoms in total. The number of nitrogens with zero attached hydrogens (tertiary/aromatic N) is 1. The topological polar surface area (TPSA) is 89.0 Å². The molecule has 2 N–H and O–H groups in total. The van der Waals surface area contributed by atoms with Crippen LogP contribution in [0, 0.1) is 0 Å². The molecule has 0 spiro atoms. The zero-order valence-electron chi connectivity index (χ0n) is 15.1. The summed E-state index contributed by atoms with van der Waals surface area (Å²) in [5.41, 5.74) is 1.86. The number of rotatable bonds is 7. The number of ether oxygens (including phenoxy) is 2. The van der Waals surface area contributed by atoms with Crippen molar-refractivity contribution in [1.29, 1.82) is 0 Å². The predicted molar refractivity (Wildman–Crippen MR) is 104 cm³/mol. The molecule has 0 bridgehead atoms. The highest BCUT2D eigenvalue weighted by Gasteiger charge is 2.26. The van der Waals surface area contributed by atoms with Crippen molar-refractivity contribution in [2.24, 2.45) is 4.99 Å². The first-order chi connectivity index (χ1) is 13.0. The van der Waals surface area contributed by atoms with Gasteiger partial charge >= 0.3 is 0 Å². The third kappa shape index (κ3) is 4.59. The highest BCUT2D eigenvalue weighted by Crippen LogP contribution is 2.27. The molecule has 0 saturated heterocycles. The van der Waals surface area contributed by atoms with Crippen molar-refractivity contribution in [3.05, 3.63) is 70.8 Å². The fourth-order valence-electron chi connectivity index (χ4n) is 2.59. The quantitative estimate of drug-likeness (QED) is 0.760. The standard InChI is InChI=1S/C19H21N3O4S/c1-25-16-9-8-15(10-17(16)26-2)13-21-19-11-18(22-27(19,23)24)20-12-14-6-4-3-5-7-14/h3-11,21H,12-13H2,1-2H3,(H,20,22). The SMILES string of the molecule is COc1ccc(CNC2=CC(=NCc3ccccc3)NS2(=O)=O)cc1OC. The van der Waals surface area contributed by atoms with E-state index in [1.807, 2.05) is 36.4 Å². The Hall–Kier alpha value is -3.00. The van der Waals surface area contributed by atoms with E-state index in [1.54, 1.807) is 26.4 Å². The summed E-state index contributed by atoms with van der Waals surface area (Å²) >= 11 is 0. The zero-order chi connectivity index (χ0) is 19.3. The lowest BCUT2D eigenvalue weighted by Crippen LogP contribution is -2.27. The van der Waals surface area contributed by atoms with E-state index >= 15 is 0 Å². The molecule has 3 rings (SSSR count). The third-order valence-corrected chi connectivity index (χ3v) is 5.30. The number of hydrogen-bond acceptors (Lipinski definition) is 6. The fraction of sp³-hybridized carbons (Fsp3) is 0.211. The smallest absolute Gasteiger partial charge is 0.278 e. The van der Waals surface area contributed by atoms with Gasteiger partial charge in [-0.05, 0) is 23.3 Å². The number of methoxy groups -OCH3 is 2. The molecule has 0 atom stereocenters. The van der Waals surface area contributed by atoms with Gasteiger partial charge in [0.05, 0.1) is 20.8 Å². The molecular weight excluding hydrogens is 366 g/mol. The van der Waals surface area contributed by atoms with Crippen LogP contribution in [0.25, 0.3) is 0 Å². The number of aliphatic imine (C=N–C) groups is 1. The van der Waals surface area contributed by atoms with Gasteiger partial charge in [0.25, 0.3) is 10.0 Å². The van der Waals surface area contributed by atoms with Gasteiger partial charge in [0.15, 0.2) is 16.5 Å². The maximum Gasteiger partial charge on any atom is 0.278 e. The van der Waals surface area contributed by atoms with E-state index in [2.05, 4.69) is 15.0 Å². The Bertz CT molecular complexity index is 970. The lowest BCUT2D eigenvalue weighted by atomic mass is 10.2. The van der Waals surface area contributed by atoms with E-state index in [1.165, 1.54) is 6.08 Å². The molecule has 0 radical (unpaired) electrons. The first kappa shape index (κ1) is 18.8. The Kier molecular flexibility index (Phi) is 5.66. The van der Waals surface area contributed by atoms with Crippen molar-refractivity contribution >= 4 is 15.9 Å². The Balaban J connectivity index is 1.70. The van der Waals surface area contributed by atoms with Gasteiger partial charge in [-0.3, -0.25) is 9.71 Å². The van der Waals surface area contributed by atoms with E-state index in [0.29, 0.717) is 30.4 Å². The monoisotopic (exact) mass is 387 g/mol. The molecule has 8 heteroatoms. The Morgan fingerprint density at radius 1 is 1.00 bits per heavy atom. The summed E-state index contributed by atoms with van der Waals surface area (Å²) in [6.07, 6.45) is 1.50. The molecule has 2 aromatic carbocycles. The number of sulfonamides is 1. The first-order valence-corrected chi connectivity index (χ1v) is 9.78. The van der Waals surface area contributed by atoms with Crippen LogP contribution in [0.15, 0.2) is 64.6 Å². The van der Waals surface area contributed by atoms with Crippen LogP contribution in [0.5, 0.6) is 11.5 Å². The number of nitrogens with one attached hydrogen (secondary N) is 2. The van der Waals surface area contributed by atoms with Crippen molar-refractivity contribution in [2.75, 3.05) is 14.2 Å². The second-order valence-electron chi connectivity index (χ2n) is 5.84. The van der Waals surface area contributed by atoms with Crippen LogP contribution in [0.4, 0.5) is 0 Å². The van der Waals surface area contributed by atoms with Gasteiger partial charge in [-0.2, -0.15) is 8.42 Å². The summed E-state index contributed by atoms with van der Waals surface area (Å²) in [6, 6.07) is 15.0. The molecule has 2 aromatic rings. The number of hydrogen-bond donors (Lipinski definition) is 2. The van der Waals surface area contributed by atoms with E-state index in [-0.39, 0.29) is 5.03 Å². The second kappa shape index (κ2) is 8.13. The Morgan fingerprint density at radius 3 is 2.44 bits per heavy atom. The van der Waals surface area contributed by atoms with E-state index in [4.69, 9.17) is 9.47 Å². The Labute approximate surface area is 158 Å². The Morgan fingerprint density at radius 2 is 1.74 bits per heavy atom. The molecule has 0 aromatic heterocycles. The molecule has 1 aliphatic heterocycles. The van der Waals surface area contributed by atoms with Gasteiger partial charge in [-0.1, -0.05) is 36.4 Å². The van der Waals surface area contributed by atoms with Crippen LogP contribution in [0.3, 0.4) is 0 Å². The maximum atomic E-state index is 12.3. The zero-order valence-corrected chi connectivity index (χ0v) is 15.9. The molecule has 1 aliphatic rings. The molecule has 142 valence electrons. The van der Waals surface area contributed by atoms with Crippen LogP contribution in [0.2, 0.25) is 0 Å². The van der Waals surface area contributed by atoms with Crippen molar-refractivity contribution in [3.63, 3.8) is 0 Å². The van der Waals surface area contributed by atoms with Crippen molar-refractivity contribution in [3.8, 4) is 11.5 Å². The largest absolute Gasteiger partial charge is 0.493 e. The molecule has 0 saturated carbocycles. The normalized spacial score (nSPS) is 16.5. The molecule has 0 amide bonds. The molecule has 0 fully saturated rings. The van der Waals surface area contributed by atoms with Crippen molar-refractivity contribution in [2.45, 2.75) is 13.1 Å². The van der Waals surface area contributed by atoms with Gasteiger partial charge in [0.1, 0.15) is 5.84 Å². The minimum absolute atomic E-state index is 0.0871. The third-order valence-electron chi connectivity index (χ3n) is 3.99. The highest BCUT2D eigenvalue weighted by atomic mass is 32.2. The summed E-state index contributed by atoms with van der Waals surface area (Å²) in [4.78, 5) is 4.32. The van der Waals surface area contributed by atoms with Crippen LogP contribution in [-0.4, -0.2) is 28.5 Å². The molecular formula is C19H21N3O4S. The lowest BCUT2D eigenvalue weighted by Gasteiger charge is -2.11. The van der Waals surface area contributed by atoms with Gasteiger partial charge < -0.3 is 14.8 Å². The summed E-state index contributed by atoms with van der Waals surface area (Å²) in [5, 5.41) is 3.03. The average Bonchev–Trinajstić information content (AvgIpc) is 2.98. The summed E-state index contributed by atoms with van der Waals surface area (Å²) in [5.74, 6) is 1.52. The van der Waals surface area contributed by atoms with Crippen LogP contribution in [-0.2, 0) is 23.1 Å². The minimum atomic E-state index is -3.63. The lowest BCUT2D eigenvalue weighted by molar-refractivity contribution is 0.354. The van der Waals surface area contributed by atoms with E-state index in [9.17, 15) is 8.42 Å². The highest BCUT2D eigenvalue weighted by molar-refractivity contribution is 7.94. The van der Waals surface area contributed by atoms with Crippen LogP contribution < -0.4 is 19.5 Å². The van der Waals surface area contributed by atoms with Crippen molar-refractivity contribution in [1.82, 2.24) is 10.0 Å². The van der Waals surface area contributed by atoms with E-state index < -0.39 is 10.0 Å². The molecule has 27 heavy (non-hydrogen) atoms. The molecule has 0 aliphatic carbocycles. The van der Waals surface area contributed by atoms with Crippen molar-refractivity contribution < 1.29 is 17.9 Å². The summed E-state index contributed by atoms with van der Waals surface area (Å²) in [7, 11) is -0.509. The van der Waals surface area contributed by atoms with E-state index in [0.717, 1.165) is 11.1 Å². The first-order valence-electron chi connectivity index (χ1n) is 8.29. The van der Waals surface area contributed by atoms with Gasteiger partial charge in [0.2, 0.25) is 0 Å². The summed E-state index contributed by atoms with van der Waals surface area (Å²) in [6.45, 7) is 0.719. The van der Waals surface area contributed by atoms with Crippen LogP contribution >= 0.6 is 0 Å².